The highest BCUT2D eigenvalue weighted by molar-refractivity contribution is 6.03. The predicted molar refractivity (Wildman–Crippen MR) is 260 cm³/mol. The molecule has 7 rings (SSSR count). The number of allylic oxidation sites excluding steroid dienone is 1. The van der Waals surface area contributed by atoms with Gasteiger partial charge in [-0.25, -0.2) is 0 Å². The second-order valence-corrected chi connectivity index (χ2v) is 17.2. The quantitative estimate of drug-likeness (QED) is 0.0189. The van der Waals surface area contributed by atoms with Crippen LogP contribution in [0.5, 0.6) is 17.2 Å². The zero-order chi connectivity index (χ0) is 47.9. The number of carbonyl (C=O) groups excluding carboxylic acids is 1. The molecule has 1 heterocycles. The van der Waals surface area contributed by atoms with E-state index < -0.39 is 28.6 Å². The Balaban J connectivity index is 1.38. The number of benzene rings is 4. The van der Waals surface area contributed by atoms with E-state index in [1.807, 2.05) is 61.5 Å². The van der Waals surface area contributed by atoms with Gasteiger partial charge in [0.25, 0.3) is 5.69 Å². The third-order valence-electron chi connectivity index (χ3n) is 13.0. The first kappa shape index (κ1) is 49.7. The number of unbranched alkanes of at least 4 members (excludes halogenated alkanes) is 2. The van der Waals surface area contributed by atoms with E-state index in [2.05, 4.69) is 30.9 Å². The molecular weight excluding hydrogens is 867 g/mol. The maximum Gasteiger partial charge on any atom is 0.269 e. The minimum absolute atomic E-state index is 0.00470. The molecule has 3 N–H and O–H groups in total. The molecule has 4 aromatic carbocycles. The third-order valence-corrected chi connectivity index (χ3v) is 13.0. The first-order valence-corrected chi connectivity index (χ1v) is 23.7. The first-order chi connectivity index (χ1) is 33.2. The smallest absolute Gasteiger partial charge is 0.269 e. The zero-order valence-electron chi connectivity index (χ0n) is 38.7. The number of oxime groups is 1. The van der Waals surface area contributed by atoms with Crippen molar-refractivity contribution in [2.45, 2.75) is 69.6 Å². The number of ether oxygens (including phenoxy) is 4. The highest BCUT2D eigenvalue weighted by Crippen LogP contribution is 2.62. The van der Waals surface area contributed by atoms with Crippen LogP contribution in [0.2, 0.25) is 0 Å². The third kappa shape index (κ3) is 11.6. The molecule has 1 aliphatic heterocycles. The Hall–Kier alpha value is -6.16. The second kappa shape index (κ2) is 24.2. The lowest BCUT2D eigenvalue weighted by molar-refractivity contribution is -0.384. The van der Waals surface area contributed by atoms with Crippen molar-refractivity contribution in [3.05, 3.63) is 149 Å². The lowest BCUT2D eigenvalue weighted by atomic mass is 9.55. The van der Waals surface area contributed by atoms with Gasteiger partial charge in [-0.2, -0.15) is 0 Å². The Bertz CT molecular complexity index is 2390. The summed E-state index contributed by atoms with van der Waals surface area (Å²) < 4.78 is 26.8. The molecule has 1 fully saturated rings. The number of aliphatic hydroxyl groups excluding tert-OH is 3. The number of amides is 1. The molecule has 0 saturated heterocycles. The molecule has 4 aromatic rings. The standard InChI is InChI=1S/C54H63N3O11/c1-3-32-65-54-50(56(28-33-64-34-31-60)51(61)27-18-38-16-21-42(22-17-38)57(62)63)37-48(55-66-4-2)46-35-41(14-8-10-29-58)45(15-9-11-30-59)52(53(46)54)47-36-44(25-26-49(47)68-54)67-43-23-19-40(20-24-43)39-12-6-5-7-13-39/h3,5-7,12-13,16-27,35-36,41,45,50,52-53,58-60H,1,4,8-11,14-15,28-34,37H2,2H3. The molecule has 1 amide bonds. The van der Waals surface area contributed by atoms with Crippen molar-refractivity contribution < 1.29 is 48.8 Å². The molecule has 0 radical (unpaired) electrons. The van der Waals surface area contributed by atoms with Gasteiger partial charge in [-0.1, -0.05) is 72.6 Å². The maximum atomic E-state index is 14.9. The summed E-state index contributed by atoms with van der Waals surface area (Å²) in [4.78, 5) is 33.3. The van der Waals surface area contributed by atoms with Crippen LogP contribution < -0.4 is 9.47 Å². The molecule has 2 aliphatic carbocycles. The number of nitro groups is 1. The van der Waals surface area contributed by atoms with Crippen molar-refractivity contribution in [2.24, 2.45) is 22.9 Å². The van der Waals surface area contributed by atoms with Crippen LogP contribution in [0.1, 0.15) is 68.9 Å². The monoisotopic (exact) mass is 929 g/mol. The molecule has 3 aliphatic rings. The van der Waals surface area contributed by atoms with E-state index in [-0.39, 0.29) is 76.0 Å². The summed E-state index contributed by atoms with van der Waals surface area (Å²) in [6.45, 7) is 6.44. The Morgan fingerprint density at radius 3 is 2.32 bits per heavy atom. The zero-order valence-corrected chi connectivity index (χ0v) is 38.7. The fourth-order valence-electron chi connectivity index (χ4n) is 10.1. The van der Waals surface area contributed by atoms with E-state index in [1.54, 1.807) is 29.2 Å². The van der Waals surface area contributed by atoms with Crippen molar-refractivity contribution in [2.75, 3.05) is 52.8 Å². The molecule has 0 bridgehead atoms. The minimum Gasteiger partial charge on any atom is -0.459 e. The number of nitro benzene ring substituents is 1. The Morgan fingerprint density at radius 1 is 0.912 bits per heavy atom. The summed E-state index contributed by atoms with van der Waals surface area (Å²) in [5.74, 6) is -0.849. The number of hydrogen-bond acceptors (Lipinski definition) is 12. The molecule has 14 nitrogen and oxygen atoms in total. The summed E-state index contributed by atoms with van der Waals surface area (Å²) >= 11 is 0. The number of hydrogen-bond donors (Lipinski definition) is 3. The first-order valence-electron chi connectivity index (χ1n) is 23.7. The number of aliphatic hydroxyl groups is 3. The Labute approximate surface area is 398 Å². The highest BCUT2D eigenvalue weighted by atomic mass is 16.7. The van der Waals surface area contributed by atoms with E-state index in [4.69, 9.17) is 28.9 Å². The van der Waals surface area contributed by atoms with Gasteiger partial charge < -0.3 is 44.0 Å². The predicted octanol–water partition coefficient (Wildman–Crippen LogP) is 9.26. The average molecular weight is 930 g/mol. The van der Waals surface area contributed by atoms with E-state index in [9.17, 15) is 30.2 Å². The Kier molecular flexibility index (Phi) is 17.7. The van der Waals surface area contributed by atoms with Crippen LogP contribution in [0.25, 0.3) is 17.2 Å². The number of nitrogens with zero attached hydrogens (tertiary/aromatic N) is 3. The second-order valence-electron chi connectivity index (χ2n) is 17.2. The summed E-state index contributed by atoms with van der Waals surface area (Å²) in [5.41, 5.74) is 5.15. The fraction of sp³-hybridized carbons (Fsp3) is 0.407. The van der Waals surface area contributed by atoms with E-state index in [0.717, 1.165) is 47.9 Å². The van der Waals surface area contributed by atoms with Gasteiger partial charge in [0, 0.05) is 55.9 Å². The van der Waals surface area contributed by atoms with Crippen LogP contribution in [0, 0.1) is 27.9 Å². The van der Waals surface area contributed by atoms with Crippen molar-refractivity contribution in [3.63, 3.8) is 0 Å². The normalized spacial score (nSPS) is 22.1. The summed E-state index contributed by atoms with van der Waals surface area (Å²) in [5, 5.41) is 45.7. The van der Waals surface area contributed by atoms with E-state index in [0.29, 0.717) is 48.0 Å². The molecular formula is C54H63N3O11. The van der Waals surface area contributed by atoms with Gasteiger partial charge in [0.2, 0.25) is 11.7 Å². The molecule has 6 atom stereocenters. The van der Waals surface area contributed by atoms with Gasteiger partial charge in [0.05, 0.1) is 43.0 Å². The number of rotatable bonds is 25. The van der Waals surface area contributed by atoms with Gasteiger partial charge in [0.1, 0.15) is 29.9 Å². The lowest BCUT2D eigenvalue weighted by Gasteiger charge is -2.60. The number of fused-ring (bicyclic) bond motifs is 2. The highest BCUT2D eigenvalue weighted by Gasteiger charge is 2.65. The van der Waals surface area contributed by atoms with Crippen molar-refractivity contribution >= 4 is 23.4 Å². The maximum absolute atomic E-state index is 14.9. The van der Waals surface area contributed by atoms with E-state index in [1.165, 1.54) is 18.2 Å². The summed E-state index contributed by atoms with van der Waals surface area (Å²) in [7, 11) is 0. The number of carbonyl (C=O) groups is 1. The minimum atomic E-state index is -1.52. The van der Waals surface area contributed by atoms with Gasteiger partial charge >= 0.3 is 0 Å². The van der Waals surface area contributed by atoms with Crippen LogP contribution in [0.15, 0.2) is 133 Å². The summed E-state index contributed by atoms with van der Waals surface area (Å²) in [6.07, 6.45) is 11.5. The number of non-ortho nitro benzene ring substituents is 1. The van der Waals surface area contributed by atoms with Crippen LogP contribution >= 0.6 is 0 Å². The van der Waals surface area contributed by atoms with Crippen molar-refractivity contribution in [1.29, 1.82) is 0 Å². The van der Waals surface area contributed by atoms with Gasteiger partial charge in [-0.3, -0.25) is 14.9 Å². The average Bonchev–Trinajstić information content (AvgIpc) is 3.36. The van der Waals surface area contributed by atoms with Crippen molar-refractivity contribution in [1.82, 2.24) is 4.90 Å². The van der Waals surface area contributed by atoms with Crippen molar-refractivity contribution in [3.8, 4) is 28.4 Å². The Morgan fingerprint density at radius 2 is 1.63 bits per heavy atom. The molecule has 6 unspecified atom stereocenters. The van der Waals surface area contributed by atoms with Gasteiger partial charge in [-0.05, 0) is 115 Å². The van der Waals surface area contributed by atoms with Crippen LogP contribution in [-0.2, 0) is 19.1 Å². The molecule has 14 heteroatoms. The van der Waals surface area contributed by atoms with Gasteiger partial charge in [0.15, 0.2) is 0 Å². The van der Waals surface area contributed by atoms with Crippen LogP contribution in [0.3, 0.4) is 0 Å². The van der Waals surface area contributed by atoms with Gasteiger partial charge in [-0.15, -0.1) is 6.58 Å². The molecule has 68 heavy (non-hydrogen) atoms. The largest absolute Gasteiger partial charge is 0.459 e. The van der Waals surface area contributed by atoms with E-state index >= 15 is 0 Å². The molecule has 1 saturated carbocycles. The molecule has 360 valence electrons. The fourth-order valence-corrected chi connectivity index (χ4v) is 10.1. The topological polar surface area (TPSA) is 183 Å². The SMILES string of the molecule is C=CCOC12Oc3ccc(Oc4ccc(-c5ccccc5)cc4)cc3C3C(CCCCO)C(CCCCO)C=C(C(=NOCC)CC1N(CCOCCO)C(=O)C=Cc1ccc([N+](=O)[O-])cc1)C32. The van der Waals surface area contributed by atoms with Crippen LogP contribution in [0.4, 0.5) is 5.69 Å². The molecule has 0 aromatic heterocycles. The summed E-state index contributed by atoms with van der Waals surface area (Å²) in [6, 6.07) is 29.1. The van der Waals surface area contributed by atoms with Crippen LogP contribution in [-0.4, -0.2) is 101 Å². The lowest BCUT2D eigenvalue weighted by Crippen LogP contribution is -2.70. The molecule has 0 spiro atoms.